The molecular formula is C10H10N6OS. The first-order valence-corrected chi connectivity index (χ1v) is 6.03. The Balaban J connectivity index is 1.99. The van der Waals surface area contributed by atoms with E-state index < -0.39 is 0 Å². The summed E-state index contributed by atoms with van der Waals surface area (Å²) in [6, 6.07) is 1.69. The topological polar surface area (TPSA) is 90.2 Å². The zero-order valence-corrected chi connectivity index (χ0v) is 10.1. The molecule has 0 atom stereocenters. The summed E-state index contributed by atoms with van der Waals surface area (Å²) in [6.07, 6.45) is 6.76. The summed E-state index contributed by atoms with van der Waals surface area (Å²) in [5, 5.41) is 4.64. The van der Waals surface area contributed by atoms with Crippen LogP contribution in [0.15, 0.2) is 35.6 Å². The van der Waals surface area contributed by atoms with Gasteiger partial charge in [0.25, 0.3) is 5.56 Å². The molecule has 0 aliphatic rings. The van der Waals surface area contributed by atoms with E-state index in [2.05, 4.69) is 15.5 Å². The number of nitrogens with one attached hydrogen (secondary N) is 1. The van der Waals surface area contributed by atoms with E-state index in [9.17, 15) is 4.79 Å². The van der Waals surface area contributed by atoms with E-state index in [0.717, 1.165) is 4.88 Å². The van der Waals surface area contributed by atoms with Gasteiger partial charge in [-0.25, -0.2) is 15.3 Å². The van der Waals surface area contributed by atoms with Gasteiger partial charge in [-0.05, 0) is 6.07 Å². The van der Waals surface area contributed by atoms with Gasteiger partial charge in [0.1, 0.15) is 5.52 Å². The summed E-state index contributed by atoms with van der Waals surface area (Å²) in [5.41, 5.74) is 2.96. The number of anilines is 1. The highest BCUT2D eigenvalue weighted by Gasteiger charge is 2.06. The lowest BCUT2D eigenvalue weighted by atomic mass is 10.4. The first-order valence-electron chi connectivity index (χ1n) is 5.22. The minimum atomic E-state index is -0.0781. The number of rotatable bonds is 3. The third-order valence-corrected chi connectivity index (χ3v) is 3.45. The quantitative estimate of drug-likeness (QED) is 0.523. The molecule has 18 heavy (non-hydrogen) atoms. The first kappa shape index (κ1) is 10.9. The number of hydrazine groups is 1. The van der Waals surface area contributed by atoms with Gasteiger partial charge in [0.15, 0.2) is 5.13 Å². The molecule has 3 rings (SSSR count). The maximum Gasteiger partial charge on any atom is 0.276 e. The number of nitrogen functional groups attached to an aromatic ring is 1. The lowest BCUT2D eigenvalue weighted by Gasteiger charge is -2.03. The second kappa shape index (κ2) is 4.24. The van der Waals surface area contributed by atoms with E-state index in [4.69, 9.17) is 5.84 Å². The van der Waals surface area contributed by atoms with Gasteiger partial charge in [-0.1, -0.05) is 11.3 Å². The number of nitrogens with zero attached hydrogens (tertiary/aromatic N) is 4. The van der Waals surface area contributed by atoms with Crippen molar-refractivity contribution in [3.05, 3.63) is 46.1 Å². The second-order valence-corrected chi connectivity index (χ2v) is 4.78. The molecule has 92 valence electrons. The van der Waals surface area contributed by atoms with E-state index >= 15 is 0 Å². The van der Waals surface area contributed by atoms with E-state index in [0.29, 0.717) is 17.2 Å². The molecule has 0 saturated heterocycles. The minimum Gasteiger partial charge on any atom is -0.307 e. The van der Waals surface area contributed by atoms with Crippen molar-refractivity contribution in [2.45, 2.75) is 6.54 Å². The van der Waals surface area contributed by atoms with Crippen LogP contribution in [0.3, 0.4) is 0 Å². The molecule has 0 aromatic carbocycles. The molecule has 0 radical (unpaired) electrons. The zero-order chi connectivity index (χ0) is 12.5. The third kappa shape index (κ3) is 1.77. The van der Waals surface area contributed by atoms with Crippen LogP contribution in [0.25, 0.3) is 5.52 Å². The summed E-state index contributed by atoms with van der Waals surface area (Å²) in [6.45, 7) is 0.472. The molecule has 8 heteroatoms. The van der Waals surface area contributed by atoms with Crippen molar-refractivity contribution in [2.75, 3.05) is 5.43 Å². The number of nitrogens with two attached hydrogens (primary N) is 1. The molecule has 0 unspecified atom stereocenters. The predicted octanol–water partition coefficient (Wildman–Crippen LogP) is 0.286. The largest absolute Gasteiger partial charge is 0.307 e. The average Bonchev–Trinajstić information content (AvgIpc) is 3.01. The maximum atomic E-state index is 12.1. The molecule has 7 nitrogen and oxygen atoms in total. The number of thiazole rings is 1. The zero-order valence-electron chi connectivity index (χ0n) is 9.28. The van der Waals surface area contributed by atoms with E-state index in [1.165, 1.54) is 11.3 Å². The summed E-state index contributed by atoms with van der Waals surface area (Å²) < 4.78 is 3.17. The monoisotopic (exact) mass is 262 g/mol. The Kier molecular flexibility index (Phi) is 2.58. The van der Waals surface area contributed by atoms with Crippen LogP contribution in [-0.2, 0) is 6.54 Å². The molecular weight excluding hydrogens is 252 g/mol. The molecule has 3 aromatic rings. The molecule has 0 saturated carbocycles. The average molecular weight is 262 g/mol. The summed E-state index contributed by atoms with van der Waals surface area (Å²) >= 11 is 1.41. The molecule has 0 spiro atoms. The van der Waals surface area contributed by atoms with Crippen LogP contribution in [-0.4, -0.2) is 19.2 Å². The minimum absolute atomic E-state index is 0.0781. The Hall–Kier alpha value is -2.19. The second-order valence-electron chi connectivity index (χ2n) is 3.67. The number of hydrogen-bond acceptors (Lipinski definition) is 6. The van der Waals surface area contributed by atoms with Crippen molar-refractivity contribution in [2.24, 2.45) is 5.84 Å². The Morgan fingerprint density at radius 1 is 1.44 bits per heavy atom. The molecule has 3 heterocycles. The Bertz CT molecular complexity index is 742. The number of fused-ring (bicyclic) bond motifs is 1. The molecule has 0 aliphatic heterocycles. The molecule has 3 aromatic heterocycles. The predicted molar refractivity (Wildman–Crippen MR) is 68.5 cm³/mol. The fraction of sp³-hybridized carbons (Fsp3) is 0.100. The van der Waals surface area contributed by atoms with Crippen molar-refractivity contribution < 1.29 is 0 Å². The normalized spacial score (nSPS) is 10.9. The smallest absolute Gasteiger partial charge is 0.276 e. The lowest BCUT2D eigenvalue weighted by Crippen LogP contribution is -2.21. The summed E-state index contributed by atoms with van der Waals surface area (Å²) in [4.78, 5) is 17.1. The molecule has 3 N–H and O–H groups in total. The lowest BCUT2D eigenvalue weighted by molar-refractivity contribution is 0.750. The highest BCUT2D eigenvalue weighted by atomic mass is 32.1. The van der Waals surface area contributed by atoms with Crippen LogP contribution in [0.4, 0.5) is 5.13 Å². The van der Waals surface area contributed by atoms with E-state index in [1.54, 1.807) is 39.9 Å². The Morgan fingerprint density at radius 3 is 3.11 bits per heavy atom. The van der Waals surface area contributed by atoms with Crippen molar-refractivity contribution in [1.82, 2.24) is 19.2 Å². The number of aromatic nitrogens is 4. The third-order valence-electron chi connectivity index (χ3n) is 2.54. The molecule has 0 bridgehead atoms. The molecule has 0 fully saturated rings. The Labute approximate surface area is 105 Å². The van der Waals surface area contributed by atoms with Gasteiger partial charge in [-0.2, -0.15) is 5.10 Å². The SMILES string of the molecule is NNc1ncc(Cn2ccn3nccc3c2=O)s1. The van der Waals surface area contributed by atoms with Gasteiger partial charge in [0.05, 0.1) is 12.7 Å². The van der Waals surface area contributed by atoms with Crippen LogP contribution < -0.4 is 16.8 Å². The number of hydrogen-bond donors (Lipinski definition) is 2. The Morgan fingerprint density at radius 2 is 2.33 bits per heavy atom. The fourth-order valence-electron chi connectivity index (χ4n) is 1.70. The molecule has 0 amide bonds. The van der Waals surface area contributed by atoms with Gasteiger partial charge in [-0.3, -0.25) is 10.2 Å². The van der Waals surface area contributed by atoms with Crippen molar-refractivity contribution >= 4 is 22.0 Å². The van der Waals surface area contributed by atoms with Gasteiger partial charge in [0.2, 0.25) is 0 Å². The van der Waals surface area contributed by atoms with E-state index in [-0.39, 0.29) is 5.56 Å². The maximum absolute atomic E-state index is 12.1. The first-order chi connectivity index (χ1) is 8.78. The standard InChI is InChI=1S/C10H10N6OS/c11-14-10-12-5-7(18-10)6-15-3-4-16-8(9(15)17)1-2-13-16/h1-5H,6,11H2,(H,12,14). The van der Waals surface area contributed by atoms with Gasteiger partial charge >= 0.3 is 0 Å². The van der Waals surface area contributed by atoms with E-state index in [1.807, 2.05) is 0 Å². The summed E-state index contributed by atoms with van der Waals surface area (Å²) in [7, 11) is 0. The van der Waals surface area contributed by atoms with Crippen molar-refractivity contribution in [3.8, 4) is 0 Å². The van der Waals surface area contributed by atoms with Gasteiger partial charge < -0.3 is 4.57 Å². The highest BCUT2D eigenvalue weighted by Crippen LogP contribution is 2.17. The molecule has 0 aliphatic carbocycles. The van der Waals surface area contributed by atoms with Crippen LogP contribution in [0.2, 0.25) is 0 Å². The fourth-order valence-corrected chi connectivity index (χ4v) is 2.42. The van der Waals surface area contributed by atoms with Crippen LogP contribution in [0.1, 0.15) is 4.88 Å². The summed E-state index contributed by atoms with van der Waals surface area (Å²) in [5.74, 6) is 5.26. The highest BCUT2D eigenvalue weighted by molar-refractivity contribution is 7.15. The van der Waals surface area contributed by atoms with Crippen molar-refractivity contribution in [3.63, 3.8) is 0 Å². The van der Waals surface area contributed by atoms with Crippen molar-refractivity contribution in [1.29, 1.82) is 0 Å². The van der Waals surface area contributed by atoms with Gasteiger partial charge in [-0.15, -0.1) is 0 Å². The van der Waals surface area contributed by atoms with Gasteiger partial charge in [0, 0.05) is 23.5 Å². The van der Waals surface area contributed by atoms with Crippen LogP contribution >= 0.6 is 11.3 Å². The van der Waals surface area contributed by atoms with Crippen LogP contribution in [0, 0.1) is 0 Å². The van der Waals surface area contributed by atoms with Crippen LogP contribution in [0.5, 0.6) is 0 Å².